The van der Waals surface area contributed by atoms with Gasteiger partial charge in [-0.3, -0.25) is 9.59 Å². The zero-order valence-corrected chi connectivity index (χ0v) is 13.6. The highest BCUT2D eigenvalue weighted by Gasteiger charge is 2.04. The molecule has 0 aliphatic carbocycles. The molecule has 108 valence electrons. The number of hydrogen-bond donors (Lipinski definition) is 2. The van der Waals surface area contributed by atoms with Gasteiger partial charge in [-0.05, 0) is 45.8 Å². The van der Waals surface area contributed by atoms with Crippen molar-refractivity contribution in [1.29, 1.82) is 0 Å². The molecule has 1 heterocycles. The Labute approximate surface area is 138 Å². The third-order valence-corrected chi connectivity index (χ3v) is 3.52. The summed E-state index contributed by atoms with van der Waals surface area (Å²) < 4.78 is 0.655. The molecule has 21 heavy (non-hydrogen) atoms. The summed E-state index contributed by atoms with van der Waals surface area (Å²) in [4.78, 5) is 25.8. The smallest absolute Gasteiger partial charge is 0.271 e. The molecule has 0 aliphatic rings. The van der Waals surface area contributed by atoms with Gasteiger partial charge in [0, 0.05) is 26.8 Å². The average Bonchev–Trinajstić information content (AvgIpc) is 2.42. The molecule has 1 amide bonds. The lowest BCUT2D eigenvalue weighted by molar-refractivity contribution is -0.111. The van der Waals surface area contributed by atoms with Crippen molar-refractivity contribution in [3.63, 3.8) is 0 Å². The molecule has 0 atom stereocenters. The van der Waals surface area contributed by atoms with Crippen LogP contribution in [0.3, 0.4) is 0 Å². The zero-order chi connectivity index (χ0) is 15.4. The van der Waals surface area contributed by atoms with Crippen molar-refractivity contribution < 1.29 is 4.79 Å². The van der Waals surface area contributed by atoms with Gasteiger partial charge in [-0.15, -0.1) is 0 Å². The monoisotopic (exact) mass is 386 g/mol. The Morgan fingerprint density at radius 3 is 2.76 bits per heavy atom. The number of aromatic nitrogens is 1. The first-order valence-electron chi connectivity index (χ1n) is 5.78. The Morgan fingerprint density at radius 2 is 2.05 bits per heavy atom. The third kappa shape index (κ3) is 4.46. The van der Waals surface area contributed by atoms with Gasteiger partial charge in [0.15, 0.2) is 0 Å². The van der Waals surface area contributed by atoms with E-state index < -0.39 is 5.91 Å². The summed E-state index contributed by atoms with van der Waals surface area (Å²) in [5.41, 5.74) is 0.421. The van der Waals surface area contributed by atoms with Crippen molar-refractivity contribution in [3.8, 4) is 0 Å². The standard InChI is InChI=1S/C14H9BrCl2N2O2/c15-9-5-12(14(21)18-7-9)19-13(20)4-2-8-1-3-10(16)6-11(8)17/h1-7H,(H,18,21)(H,19,20)/b4-2+. The molecule has 0 bridgehead atoms. The Morgan fingerprint density at radius 1 is 1.29 bits per heavy atom. The normalized spacial score (nSPS) is 10.8. The number of H-pyrrole nitrogens is 1. The summed E-state index contributed by atoms with van der Waals surface area (Å²) in [6, 6.07) is 6.46. The van der Waals surface area contributed by atoms with Gasteiger partial charge in [-0.2, -0.15) is 0 Å². The Hall–Kier alpha value is -1.56. The number of halogens is 3. The minimum atomic E-state index is -0.440. The summed E-state index contributed by atoms with van der Waals surface area (Å²) in [7, 11) is 0. The maximum atomic E-state index is 11.8. The van der Waals surface area contributed by atoms with E-state index >= 15 is 0 Å². The average molecular weight is 388 g/mol. The predicted octanol–water partition coefficient (Wildman–Crippen LogP) is 4.10. The first-order chi connectivity index (χ1) is 9.95. The van der Waals surface area contributed by atoms with Gasteiger partial charge in [-0.25, -0.2) is 0 Å². The first kappa shape index (κ1) is 15.8. The van der Waals surface area contributed by atoms with E-state index in [0.717, 1.165) is 0 Å². The van der Waals surface area contributed by atoms with Gasteiger partial charge in [0.1, 0.15) is 5.69 Å². The fraction of sp³-hybridized carbons (Fsp3) is 0. The molecular formula is C14H9BrCl2N2O2. The highest BCUT2D eigenvalue weighted by molar-refractivity contribution is 9.10. The molecule has 0 fully saturated rings. The maximum absolute atomic E-state index is 11.8. The Bertz CT molecular complexity index is 772. The molecule has 2 rings (SSSR count). The van der Waals surface area contributed by atoms with Crippen molar-refractivity contribution in [1.82, 2.24) is 4.98 Å². The van der Waals surface area contributed by atoms with Crippen LogP contribution in [0.25, 0.3) is 6.08 Å². The lowest BCUT2D eigenvalue weighted by Crippen LogP contribution is -2.17. The van der Waals surface area contributed by atoms with Crippen LogP contribution in [0.5, 0.6) is 0 Å². The molecule has 2 N–H and O–H groups in total. The van der Waals surface area contributed by atoms with E-state index in [2.05, 4.69) is 26.2 Å². The molecule has 0 radical (unpaired) electrons. The van der Waals surface area contributed by atoms with Gasteiger partial charge >= 0.3 is 0 Å². The molecule has 0 saturated heterocycles. The Balaban J connectivity index is 2.13. The molecular weight excluding hydrogens is 379 g/mol. The zero-order valence-electron chi connectivity index (χ0n) is 10.5. The summed E-state index contributed by atoms with van der Waals surface area (Å²) in [6.07, 6.45) is 4.32. The first-order valence-corrected chi connectivity index (χ1v) is 7.33. The van der Waals surface area contributed by atoms with Crippen LogP contribution in [-0.4, -0.2) is 10.9 Å². The predicted molar refractivity (Wildman–Crippen MR) is 88.9 cm³/mol. The van der Waals surface area contributed by atoms with E-state index in [1.54, 1.807) is 24.3 Å². The van der Waals surface area contributed by atoms with E-state index in [9.17, 15) is 9.59 Å². The fourth-order valence-corrected chi connectivity index (χ4v) is 2.34. The Kier molecular flexibility index (Phi) is 5.22. The van der Waals surface area contributed by atoms with Crippen molar-refractivity contribution in [2.75, 3.05) is 5.32 Å². The second-order valence-electron chi connectivity index (χ2n) is 4.05. The highest BCUT2D eigenvalue weighted by atomic mass is 79.9. The lowest BCUT2D eigenvalue weighted by atomic mass is 10.2. The van der Waals surface area contributed by atoms with Gasteiger partial charge in [-0.1, -0.05) is 29.3 Å². The molecule has 0 spiro atoms. The molecule has 0 aliphatic heterocycles. The van der Waals surface area contributed by atoms with E-state index in [1.165, 1.54) is 18.3 Å². The topological polar surface area (TPSA) is 62.0 Å². The second kappa shape index (κ2) is 6.93. The van der Waals surface area contributed by atoms with Crippen LogP contribution >= 0.6 is 39.1 Å². The lowest BCUT2D eigenvalue weighted by Gasteiger charge is -2.02. The molecule has 7 heteroatoms. The van der Waals surface area contributed by atoms with E-state index in [-0.39, 0.29) is 11.2 Å². The van der Waals surface area contributed by atoms with Crippen molar-refractivity contribution in [2.45, 2.75) is 0 Å². The molecule has 2 aromatic rings. The van der Waals surface area contributed by atoms with Crippen LogP contribution in [0.4, 0.5) is 5.69 Å². The molecule has 1 aromatic heterocycles. The molecule has 0 unspecified atom stereocenters. The van der Waals surface area contributed by atoms with Gasteiger partial charge in [0.25, 0.3) is 5.56 Å². The number of carbonyl (C=O) groups is 1. The van der Waals surface area contributed by atoms with E-state index in [4.69, 9.17) is 23.2 Å². The van der Waals surface area contributed by atoms with Crippen LogP contribution in [0.15, 0.2) is 45.8 Å². The summed E-state index contributed by atoms with van der Waals surface area (Å²) in [5, 5.41) is 3.44. The highest BCUT2D eigenvalue weighted by Crippen LogP contribution is 2.22. The third-order valence-electron chi connectivity index (χ3n) is 2.50. The van der Waals surface area contributed by atoms with Gasteiger partial charge in [0.2, 0.25) is 5.91 Å². The van der Waals surface area contributed by atoms with E-state index in [1.807, 2.05) is 0 Å². The molecule has 1 aromatic carbocycles. The maximum Gasteiger partial charge on any atom is 0.271 e. The largest absolute Gasteiger partial charge is 0.326 e. The fourth-order valence-electron chi connectivity index (χ4n) is 1.53. The minimum absolute atomic E-state index is 0.154. The second-order valence-corrected chi connectivity index (χ2v) is 5.81. The van der Waals surface area contributed by atoms with E-state index in [0.29, 0.717) is 20.1 Å². The van der Waals surface area contributed by atoms with Crippen molar-refractivity contribution in [3.05, 3.63) is 67.0 Å². The molecule has 0 saturated carbocycles. The number of rotatable bonds is 3. The number of aromatic amines is 1. The minimum Gasteiger partial charge on any atom is -0.326 e. The summed E-state index contributed by atoms with van der Waals surface area (Å²) in [6.45, 7) is 0. The summed E-state index contributed by atoms with van der Waals surface area (Å²) in [5.74, 6) is -0.440. The van der Waals surface area contributed by atoms with Crippen LogP contribution < -0.4 is 10.9 Å². The number of anilines is 1. The SMILES string of the molecule is O=C(/C=C/c1ccc(Cl)cc1Cl)Nc1cc(Br)c[nH]c1=O. The number of benzene rings is 1. The van der Waals surface area contributed by atoms with Gasteiger partial charge < -0.3 is 10.3 Å². The quantitative estimate of drug-likeness (QED) is 0.779. The van der Waals surface area contributed by atoms with Crippen molar-refractivity contribution >= 4 is 56.8 Å². The van der Waals surface area contributed by atoms with Crippen LogP contribution in [0.2, 0.25) is 10.0 Å². The van der Waals surface area contributed by atoms with Crippen molar-refractivity contribution in [2.24, 2.45) is 0 Å². The summed E-state index contributed by atoms with van der Waals surface area (Å²) >= 11 is 15.0. The molecule has 4 nitrogen and oxygen atoms in total. The van der Waals surface area contributed by atoms with Crippen LogP contribution in [-0.2, 0) is 4.79 Å². The van der Waals surface area contributed by atoms with Gasteiger partial charge in [0.05, 0.1) is 0 Å². The van der Waals surface area contributed by atoms with Crippen LogP contribution in [0, 0.1) is 0 Å². The number of carbonyl (C=O) groups excluding carboxylic acids is 1. The van der Waals surface area contributed by atoms with Crippen LogP contribution in [0.1, 0.15) is 5.56 Å². The number of amides is 1. The number of nitrogens with one attached hydrogen (secondary N) is 2. The number of pyridine rings is 1. The number of hydrogen-bond acceptors (Lipinski definition) is 2.